The Bertz CT molecular complexity index is 427. The van der Waals surface area contributed by atoms with E-state index in [1.54, 1.807) is 0 Å². The van der Waals surface area contributed by atoms with E-state index < -0.39 is 5.97 Å². The molecule has 1 aromatic rings. The summed E-state index contributed by atoms with van der Waals surface area (Å²) in [6.07, 6.45) is 8.42. The van der Waals surface area contributed by atoms with Gasteiger partial charge in [0, 0.05) is 19.4 Å². The second-order valence-corrected chi connectivity index (χ2v) is 5.86. The van der Waals surface area contributed by atoms with E-state index in [1.165, 1.54) is 32.1 Å². The van der Waals surface area contributed by atoms with Crippen LogP contribution in [-0.4, -0.2) is 31.3 Å². The predicted molar refractivity (Wildman–Crippen MR) is 74.1 cm³/mol. The van der Waals surface area contributed by atoms with Crippen LogP contribution < -0.4 is 0 Å². The molecule has 1 saturated carbocycles. The Morgan fingerprint density at radius 1 is 1.40 bits per heavy atom. The highest BCUT2D eigenvalue weighted by Gasteiger charge is 2.19. The van der Waals surface area contributed by atoms with Crippen LogP contribution in [-0.2, 0) is 17.8 Å². The number of aliphatic carboxylic acids is 1. The molecule has 1 heterocycles. The number of hydrogen-bond donors (Lipinski definition) is 1. The van der Waals surface area contributed by atoms with Crippen molar-refractivity contribution in [2.75, 3.05) is 0 Å². The van der Waals surface area contributed by atoms with Gasteiger partial charge in [0.05, 0.1) is 0 Å². The van der Waals surface area contributed by atoms with Gasteiger partial charge in [-0.15, -0.1) is 5.10 Å². The summed E-state index contributed by atoms with van der Waals surface area (Å²) in [5.74, 6) is 0.952. The summed E-state index contributed by atoms with van der Waals surface area (Å²) in [6.45, 7) is 2.62. The molecule has 6 heteroatoms. The lowest BCUT2D eigenvalue weighted by atomic mass is 9.87. The second-order valence-electron chi connectivity index (χ2n) is 5.86. The first-order valence-electron chi connectivity index (χ1n) is 7.65. The highest BCUT2D eigenvalue weighted by Crippen LogP contribution is 2.26. The highest BCUT2D eigenvalue weighted by atomic mass is 16.4. The van der Waals surface area contributed by atoms with Crippen molar-refractivity contribution in [1.82, 2.24) is 20.2 Å². The number of nitrogens with zero attached hydrogens (tertiary/aromatic N) is 4. The average molecular weight is 280 g/mol. The van der Waals surface area contributed by atoms with Gasteiger partial charge in [-0.2, -0.15) is 0 Å². The molecule has 0 aromatic carbocycles. The average Bonchev–Trinajstić information content (AvgIpc) is 2.86. The second kappa shape index (κ2) is 7.36. The first-order chi connectivity index (χ1) is 9.69. The van der Waals surface area contributed by atoms with Gasteiger partial charge in [0.1, 0.15) is 0 Å². The summed E-state index contributed by atoms with van der Waals surface area (Å²) >= 11 is 0. The Hall–Kier alpha value is -1.46. The summed E-state index contributed by atoms with van der Waals surface area (Å²) < 4.78 is 1.81. The zero-order valence-electron chi connectivity index (χ0n) is 12.2. The molecule has 1 aliphatic carbocycles. The van der Waals surface area contributed by atoms with Gasteiger partial charge in [0.25, 0.3) is 0 Å². The molecular weight excluding hydrogens is 256 g/mol. The van der Waals surface area contributed by atoms with Crippen molar-refractivity contribution < 1.29 is 9.90 Å². The smallest absolute Gasteiger partial charge is 0.303 e. The summed E-state index contributed by atoms with van der Waals surface area (Å²) in [4.78, 5) is 10.8. The summed E-state index contributed by atoms with van der Waals surface area (Å²) in [7, 11) is 0. The Labute approximate surface area is 119 Å². The maximum atomic E-state index is 10.8. The zero-order valence-corrected chi connectivity index (χ0v) is 12.2. The predicted octanol–water partition coefficient (Wildman–Crippen LogP) is 2.30. The molecule has 1 N–H and O–H groups in total. The molecule has 6 nitrogen and oxygen atoms in total. The van der Waals surface area contributed by atoms with Crippen LogP contribution in [0.15, 0.2) is 0 Å². The minimum atomic E-state index is -0.751. The van der Waals surface area contributed by atoms with Gasteiger partial charge in [0.2, 0.25) is 0 Å². The number of rotatable bonds is 7. The maximum absolute atomic E-state index is 10.8. The molecule has 1 aromatic heterocycles. The fraction of sp³-hybridized carbons (Fsp3) is 0.857. The van der Waals surface area contributed by atoms with E-state index in [9.17, 15) is 4.79 Å². The van der Waals surface area contributed by atoms with E-state index in [1.807, 2.05) is 11.6 Å². The first kappa shape index (κ1) is 14.9. The lowest BCUT2D eigenvalue weighted by molar-refractivity contribution is -0.138. The SMILES string of the molecule is CCC(CC(=O)O)Cn1nnnc1CC1CCCCC1. The van der Waals surface area contributed by atoms with Crippen LogP contribution in [0.2, 0.25) is 0 Å². The molecule has 0 bridgehead atoms. The van der Waals surface area contributed by atoms with Crippen LogP contribution in [0.5, 0.6) is 0 Å². The molecule has 20 heavy (non-hydrogen) atoms. The van der Waals surface area contributed by atoms with Gasteiger partial charge >= 0.3 is 5.97 Å². The Morgan fingerprint density at radius 2 is 2.15 bits per heavy atom. The van der Waals surface area contributed by atoms with E-state index in [2.05, 4.69) is 15.5 Å². The summed E-state index contributed by atoms with van der Waals surface area (Å²) in [5, 5.41) is 20.9. The molecule has 0 saturated heterocycles. The van der Waals surface area contributed by atoms with Crippen molar-refractivity contribution in [3.63, 3.8) is 0 Å². The molecule has 1 unspecified atom stereocenters. The van der Waals surface area contributed by atoms with Crippen LogP contribution in [0.4, 0.5) is 0 Å². The summed E-state index contributed by atoms with van der Waals surface area (Å²) in [5.41, 5.74) is 0. The fourth-order valence-corrected chi connectivity index (χ4v) is 2.99. The van der Waals surface area contributed by atoms with Crippen LogP contribution in [0.1, 0.15) is 57.7 Å². The molecule has 0 amide bonds. The Kier molecular flexibility index (Phi) is 5.49. The molecule has 1 atom stereocenters. The van der Waals surface area contributed by atoms with E-state index in [0.717, 1.165) is 18.7 Å². The van der Waals surface area contributed by atoms with Gasteiger partial charge in [0.15, 0.2) is 5.82 Å². The molecule has 112 valence electrons. The van der Waals surface area contributed by atoms with Crippen molar-refractivity contribution >= 4 is 5.97 Å². The van der Waals surface area contributed by atoms with Crippen LogP contribution in [0.25, 0.3) is 0 Å². The zero-order chi connectivity index (χ0) is 14.4. The number of tetrazole rings is 1. The van der Waals surface area contributed by atoms with Gasteiger partial charge in [-0.1, -0.05) is 45.4 Å². The number of carboxylic acids is 1. The van der Waals surface area contributed by atoms with Crippen molar-refractivity contribution in [2.45, 2.75) is 64.8 Å². The molecule has 0 aliphatic heterocycles. The molecule has 0 spiro atoms. The largest absolute Gasteiger partial charge is 0.481 e. The van der Waals surface area contributed by atoms with Gasteiger partial charge < -0.3 is 5.11 Å². The van der Waals surface area contributed by atoms with Gasteiger partial charge in [-0.05, 0) is 22.3 Å². The van der Waals surface area contributed by atoms with Crippen molar-refractivity contribution in [3.05, 3.63) is 5.82 Å². The fourth-order valence-electron chi connectivity index (χ4n) is 2.99. The van der Waals surface area contributed by atoms with E-state index in [-0.39, 0.29) is 12.3 Å². The van der Waals surface area contributed by atoms with E-state index >= 15 is 0 Å². The van der Waals surface area contributed by atoms with Gasteiger partial charge in [-0.3, -0.25) is 4.79 Å². The van der Waals surface area contributed by atoms with Crippen LogP contribution in [0, 0.1) is 11.8 Å². The number of carboxylic acid groups (broad SMARTS) is 1. The monoisotopic (exact) mass is 280 g/mol. The normalized spacial score (nSPS) is 18.1. The first-order valence-corrected chi connectivity index (χ1v) is 7.65. The van der Waals surface area contributed by atoms with Crippen molar-refractivity contribution in [1.29, 1.82) is 0 Å². The van der Waals surface area contributed by atoms with Crippen molar-refractivity contribution in [3.8, 4) is 0 Å². The van der Waals surface area contributed by atoms with Crippen LogP contribution in [0.3, 0.4) is 0 Å². The molecule has 2 rings (SSSR count). The standard InChI is InChI=1S/C14H24N4O2/c1-2-11(9-14(19)20)10-18-13(15-16-17-18)8-12-6-4-3-5-7-12/h11-12H,2-10H2,1H3,(H,19,20). The molecular formula is C14H24N4O2. The molecule has 1 fully saturated rings. The minimum absolute atomic E-state index is 0.0982. The lowest BCUT2D eigenvalue weighted by Crippen LogP contribution is -2.19. The third kappa shape index (κ3) is 4.28. The summed E-state index contributed by atoms with van der Waals surface area (Å²) in [6, 6.07) is 0. The number of aromatic nitrogens is 4. The number of hydrogen-bond acceptors (Lipinski definition) is 4. The molecule has 0 radical (unpaired) electrons. The topological polar surface area (TPSA) is 80.9 Å². The van der Waals surface area contributed by atoms with E-state index in [0.29, 0.717) is 12.5 Å². The minimum Gasteiger partial charge on any atom is -0.481 e. The Balaban J connectivity index is 1.94. The van der Waals surface area contributed by atoms with Crippen molar-refractivity contribution in [2.24, 2.45) is 11.8 Å². The quantitative estimate of drug-likeness (QED) is 0.828. The third-order valence-electron chi connectivity index (χ3n) is 4.27. The Morgan fingerprint density at radius 3 is 2.80 bits per heavy atom. The third-order valence-corrected chi connectivity index (χ3v) is 4.27. The lowest BCUT2D eigenvalue weighted by Gasteiger charge is -2.21. The number of carbonyl (C=O) groups is 1. The molecule has 1 aliphatic rings. The maximum Gasteiger partial charge on any atom is 0.303 e. The van der Waals surface area contributed by atoms with Crippen LogP contribution >= 0.6 is 0 Å². The van der Waals surface area contributed by atoms with Gasteiger partial charge in [-0.25, -0.2) is 4.68 Å². The van der Waals surface area contributed by atoms with E-state index in [4.69, 9.17) is 5.11 Å². The highest BCUT2D eigenvalue weighted by molar-refractivity contribution is 5.66.